The molecule has 1 saturated carbocycles. The number of aliphatic hydroxyl groups excluding tert-OH is 1. The van der Waals surface area contributed by atoms with Crippen LogP contribution in [0.3, 0.4) is 0 Å². The predicted octanol–water partition coefficient (Wildman–Crippen LogP) is 1.66. The Hall–Kier alpha value is -1.66. The summed E-state index contributed by atoms with van der Waals surface area (Å²) in [7, 11) is 0. The monoisotopic (exact) mass is 295 g/mol. The smallest absolute Gasteiger partial charge is 0.170 e. The Morgan fingerprint density at radius 3 is 2.71 bits per heavy atom. The third-order valence-corrected chi connectivity index (χ3v) is 4.02. The first-order valence-corrected chi connectivity index (χ1v) is 7.27. The number of benzene rings is 1. The van der Waals surface area contributed by atoms with E-state index in [1.54, 1.807) is 12.1 Å². The SMILES string of the molecule is N/C(=N/O)c1ccc(CN(CCCO)C2CCC2)c(F)c1. The van der Waals surface area contributed by atoms with Crippen LogP contribution in [0.1, 0.15) is 36.8 Å². The van der Waals surface area contributed by atoms with E-state index < -0.39 is 0 Å². The first-order chi connectivity index (χ1) is 10.2. The van der Waals surface area contributed by atoms with Crippen molar-refractivity contribution in [3.05, 3.63) is 35.1 Å². The lowest BCUT2D eigenvalue weighted by Crippen LogP contribution is -2.40. The van der Waals surface area contributed by atoms with Gasteiger partial charge in [0.05, 0.1) is 0 Å². The topological polar surface area (TPSA) is 82.1 Å². The molecule has 0 unspecified atom stereocenters. The summed E-state index contributed by atoms with van der Waals surface area (Å²) in [6.07, 6.45) is 4.18. The number of rotatable bonds is 7. The maximum Gasteiger partial charge on any atom is 0.170 e. The van der Waals surface area contributed by atoms with E-state index in [4.69, 9.17) is 16.0 Å². The zero-order valence-corrected chi connectivity index (χ0v) is 12.0. The molecule has 0 atom stereocenters. The normalized spacial score (nSPS) is 16.2. The molecule has 1 aliphatic carbocycles. The molecule has 0 heterocycles. The van der Waals surface area contributed by atoms with Crippen LogP contribution < -0.4 is 5.73 Å². The molecule has 1 aromatic rings. The zero-order valence-electron chi connectivity index (χ0n) is 12.0. The van der Waals surface area contributed by atoms with Crippen molar-refractivity contribution in [2.75, 3.05) is 13.2 Å². The minimum Gasteiger partial charge on any atom is -0.409 e. The number of nitrogens with zero attached hydrogens (tertiary/aromatic N) is 2. The quantitative estimate of drug-likeness (QED) is 0.309. The average molecular weight is 295 g/mol. The van der Waals surface area contributed by atoms with E-state index in [1.807, 2.05) is 0 Å². The Labute approximate surface area is 123 Å². The highest BCUT2D eigenvalue weighted by atomic mass is 19.1. The summed E-state index contributed by atoms with van der Waals surface area (Å²) < 4.78 is 14.1. The Bertz CT molecular complexity index is 504. The predicted molar refractivity (Wildman–Crippen MR) is 78.7 cm³/mol. The van der Waals surface area contributed by atoms with Crippen molar-refractivity contribution in [1.82, 2.24) is 4.90 Å². The molecular weight excluding hydrogens is 273 g/mol. The average Bonchev–Trinajstić information content (AvgIpc) is 2.43. The molecule has 1 fully saturated rings. The van der Waals surface area contributed by atoms with E-state index in [1.165, 1.54) is 12.5 Å². The maximum atomic E-state index is 14.1. The summed E-state index contributed by atoms with van der Waals surface area (Å²) in [5.41, 5.74) is 6.41. The third-order valence-electron chi connectivity index (χ3n) is 4.02. The molecule has 0 amide bonds. The highest BCUT2D eigenvalue weighted by molar-refractivity contribution is 5.97. The molecule has 2 rings (SSSR count). The number of oxime groups is 1. The molecule has 0 radical (unpaired) electrons. The lowest BCUT2D eigenvalue weighted by atomic mass is 9.91. The minimum atomic E-state index is -0.354. The summed E-state index contributed by atoms with van der Waals surface area (Å²) in [4.78, 5) is 2.22. The van der Waals surface area contributed by atoms with Gasteiger partial charge in [-0.3, -0.25) is 4.90 Å². The summed E-state index contributed by atoms with van der Waals surface area (Å²) >= 11 is 0. The van der Waals surface area contributed by atoms with Crippen LogP contribution in [0.15, 0.2) is 23.4 Å². The van der Waals surface area contributed by atoms with Gasteiger partial charge in [0.25, 0.3) is 0 Å². The fraction of sp³-hybridized carbons (Fsp3) is 0.533. The second-order valence-electron chi connectivity index (χ2n) is 5.42. The Morgan fingerprint density at radius 2 is 2.19 bits per heavy atom. The molecule has 4 N–H and O–H groups in total. The van der Waals surface area contributed by atoms with Gasteiger partial charge in [-0.05, 0) is 25.3 Å². The van der Waals surface area contributed by atoms with Gasteiger partial charge < -0.3 is 16.0 Å². The van der Waals surface area contributed by atoms with Crippen LogP contribution in [-0.2, 0) is 6.54 Å². The van der Waals surface area contributed by atoms with Crippen LogP contribution in [0.2, 0.25) is 0 Å². The second-order valence-corrected chi connectivity index (χ2v) is 5.42. The van der Waals surface area contributed by atoms with E-state index in [2.05, 4.69) is 10.1 Å². The van der Waals surface area contributed by atoms with Crippen LogP contribution in [0, 0.1) is 5.82 Å². The number of hydrogen-bond donors (Lipinski definition) is 3. The van der Waals surface area contributed by atoms with Gasteiger partial charge in [-0.15, -0.1) is 0 Å². The molecule has 1 aliphatic rings. The van der Waals surface area contributed by atoms with Gasteiger partial charge in [-0.25, -0.2) is 4.39 Å². The third kappa shape index (κ3) is 3.92. The van der Waals surface area contributed by atoms with Crippen molar-refractivity contribution in [1.29, 1.82) is 0 Å². The molecule has 0 saturated heterocycles. The lowest BCUT2D eigenvalue weighted by molar-refractivity contribution is 0.108. The van der Waals surface area contributed by atoms with E-state index in [-0.39, 0.29) is 18.3 Å². The second kappa shape index (κ2) is 7.38. The van der Waals surface area contributed by atoms with Gasteiger partial charge in [0.2, 0.25) is 0 Å². The highest BCUT2D eigenvalue weighted by Crippen LogP contribution is 2.27. The standard InChI is InChI=1S/C15H22FN3O2/c16-14-9-11(15(17)18-21)5-6-12(14)10-19(7-2-8-20)13-3-1-4-13/h5-6,9,13,20-21H,1-4,7-8,10H2,(H2,17,18). The van der Waals surface area contributed by atoms with E-state index >= 15 is 0 Å². The van der Waals surface area contributed by atoms with Crippen LogP contribution in [0.4, 0.5) is 4.39 Å². The minimum absolute atomic E-state index is 0.100. The Balaban J connectivity index is 2.09. The molecule has 0 spiro atoms. The molecule has 0 aromatic heterocycles. The molecule has 6 heteroatoms. The molecule has 1 aromatic carbocycles. The van der Waals surface area contributed by atoms with Gasteiger partial charge in [0.15, 0.2) is 5.84 Å². The first-order valence-electron chi connectivity index (χ1n) is 7.27. The van der Waals surface area contributed by atoms with Gasteiger partial charge >= 0.3 is 0 Å². The molecule has 0 aliphatic heterocycles. The number of aliphatic hydroxyl groups is 1. The first kappa shape index (κ1) is 15.7. The van der Waals surface area contributed by atoms with Crippen molar-refractivity contribution >= 4 is 5.84 Å². The van der Waals surface area contributed by atoms with Gasteiger partial charge in [0.1, 0.15) is 5.82 Å². The number of amidine groups is 1. The summed E-state index contributed by atoms with van der Waals surface area (Å²) in [5.74, 6) is -0.455. The van der Waals surface area contributed by atoms with Crippen LogP contribution >= 0.6 is 0 Å². The molecule has 5 nitrogen and oxygen atoms in total. The maximum absolute atomic E-state index is 14.1. The fourth-order valence-electron chi connectivity index (χ4n) is 2.53. The largest absolute Gasteiger partial charge is 0.409 e. The van der Waals surface area contributed by atoms with Crippen molar-refractivity contribution in [2.45, 2.75) is 38.3 Å². The number of halogens is 1. The Kier molecular flexibility index (Phi) is 5.52. The van der Waals surface area contributed by atoms with Gasteiger partial charge in [-0.1, -0.05) is 23.7 Å². The molecule has 116 valence electrons. The molecule has 21 heavy (non-hydrogen) atoms. The van der Waals surface area contributed by atoms with Crippen LogP contribution in [-0.4, -0.2) is 40.2 Å². The zero-order chi connectivity index (χ0) is 15.2. The highest BCUT2D eigenvalue weighted by Gasteiger charge is 2.25. The summed E-state index contributed by atoms with van der Waals surface area (Å²) in [5, 5.41) is 20.5. The van der Waals surface area contributed by atoms with Crippen molar-refractivity contribution in [3.8, 4) is 0 Å². The molecule has 0 bridgehead atoms. The summed E-state index contributed by atoms with van der Waals surface area (Å²) in [6, 6.07) is 5.10. The van der Waals surface area contributed by atoms with Crippen molar-refractivity contribution in [2.24, 2.45) is 10.9 Å². The fourth-order valence-corrected chi connectivity index (χ4v) is 2.53. The van der Waals surface area contributed by atoms with E-state index in [0.29, 0.717) is 30.1 Å². The van der Waals surface area contributed by atoms with E-state index in [0.717, 1.165) is 19.4 Å². The molecular formula is C15H22FN3O2. The van der Waals surface area contributed by atoms with Crippen LogP contribution in [0.25, 0.3) is 0 Å². The van der Waals surface area contributed by atoms with Gasteiger partial charge in [0, 0.05) is 36.9 Å². The Morgan fingerprint density at radius 1 is 1.43 bits per heavy atom. The number of hydrogen-bond acceptors (Lipinski definition) is 4. The van der Waals surface area contributed by atoms with E-state index in [9.17, 15) is 4.39 Å². The van der Waals surface area contributed by atoms with Crippen molar-refractivity contribution < 1.29 is 14.7 Å². The lowest BCUT2D eigenvalue weighted by Gasteiger charge is -2.37. The number of nitrogens with two attached hydrogens (primary N) is 1. The summed E-state index contributed by atoms with van der Waals surface area (Å²) in [6.45, 7) is 1.43. The van der Waals surface area contributed by atoms with Crippen LogP contribution in [0.5, 0.6) is 0 Å². The van der Waals surface area contributed by atoms with Crippen molar-refractivity contribution in [3.63, 3.8) is 0 Å². The van der Waals surface area contributed by atoms with Gasteiger partial charge in [-0.2, -0.15) is 0 Å².